The molecule has 1 aromatic heterocycles. The maximum Gasteiger partial charge on any atom is 0.0541 e. The molecule has 1 heterocycles. The third-order valence-corrected chi connectivity index (χ3v) is 12.4. The fourth-order valence-electron chi connectivity index (χ4n) is 9.73. The van der Waals surface area contributed by atoms with Crippen LogP contribution >= 0.6 is 0 Å². The fourth-order valence-corrected chi connectivity index (χ4v) is 9.73. The molecule has 0 atom stereocenters. The molecule has 0 radical (unpaired) electrons. The van der Waals surface area contributed by atoms with E-state index >= 15 is 0 Å². The summed E-state index contributed by atoms with van der Waals surface area (Å²) in [5, 5.41) is 12.5. The minimum atomic E-state index is 1.14. The zero-order valence-corrected chi connectivity index (χ0v) is 32.3. The van der Waals surface area contributed by atoms with Gasteiger partial charge in [0.05, 0.1) is 11.0 Å². The van der Waals surface area contributed by atoms with Crippen molar-refractivity contribution in [1.82, 2.24) is 4.57 Å². The third-order valence-electron chi connectivity index (χ3n) is 12.4. The SMILES string of the molecule is c1ccc(-c2c3ccccc3c(-c3ccccc3)c3cc(-n4c5ccc(-c6cccc7ccccc67)cc5c5cc(-c6cccc7ccccc67)ccc54)ccc23)cc1. The third kappa shape index (κ3) is 5.33. The van der Waals surface area contributed by atoms with Crippen molar-refractivity contribution in [2.75, 3.05) is 0 Å². The lowest BCUT2D eigenvalue weighted by molar-refractivity contribution is 1.19. The molecule has 1 heteroatoms. The van der Waals surface area contributed by atoms with E-state index < -0.39 is 0 Å². The van der Waals surface area contributed by atoms with Crippen molar-refractivity contribution in [3.8, 4) is 50.2 Å². The minimum absolute atomic E-state index is 1.14. The van der Waals surface area contributed by atoms with Gasteiger partial charge >= 0.3 is 0 Å². The first-order chi connectivity index (χ1) is 29.3. The molecule has 0 bridgehead atoms. The van der Waals surface area contributed by atoms with E-state index in [1.807, 2.05) is 0 Å². The Bertz CT molecular complexity index is 3450. The Balaban J connectivity index is 1.17. The lowest BCUT2D eigenvalue weighted by Gasteiger charge is -2.19. The maximum atomic E-state index is 2.48. The topological polar surface area (TPSA) is 4.93 Å². The summed E-state index contributed by atoms with van der Waals surface area (Å²) in [5.74, 6) is 0. The summed E-state index contributed by atoms with van der Waals surface area (Å²) >= 11 is 0. The van der Waals surface area contributed by atoms with Crippen LogP contribution in [0.3, 0.4) is 0 Å². The standard InChI is InChI=1S/C58H37N/c1-3-17-40(18-4-1)57-49-25-11-12-26-50(49)58(41-19-5-2-6-20-41)54-37-44(31-32-51(54)57)59-55-33-29-42(47-27-13-21-38-15-7-9-23-45(38)47)35-52(55)53-36-43(30-34-56(53)59)48-28-14-22-39-16-8-10-24-46(39)48/h1-37H. The minimum Gasteiger partial charge on any atom is -0.309 e. The summed E-state index contributed by atoms with van der Waals surface area (Å²) in [6.07, 6.45) is 0. The molecule has 0 unspecified atom stereocenters. The molecule has 0 aliphatic heterocycles. The van der Waals surface area contributed by atoms with Crippen molar-refractivity contribution < 1.29 is 0 Å². The summed E-state index contributed by atoms with van der Waals surface area (Å²) in [6.45, 7) is 0. The zero-order valence-electron chi connectivity index (χ0n) is 32.3. The van der Waals surface area contributed by atoms with Crippen LogP contribution in [0.25, 0.3) is 115 Å². The van der Waals surface area contributed by atoms with Gasteiger partial charge in [-0.25, -0.2) is 0 Å². The maximum absolute atomic E-state index is 2.48. The van der Waals surface area contributed by atoms with Crippen LogP contribution in [0.2, 0.25) is 0 Å². The van der Waals surface area contributed by atoms with E-state index in [0.717, 1.165) is 5.69 Å². The summed E-state index contributed by atoms with van der Waals surface area (Å²) in [7, 11) is 0. The quantitative estimate of drug-likeness (QED) is 0.155. The highest BCUT2D eigenvalue weighted by Crippen LogP contribution is 2.46. The molecule has 274 valence electrons. The molecule has 0 spiro atoms. The van der Waals surface area contributed by atoms with Crippen molar-refractivity contribution in [1.29, 1.82) is 0 Å². The first-order valence-electron chi connectivity index (χ1n) is 20.4. The monoisotopic (exact) mass is 747 g/mol. The van der Waals surface area contributed by atoms with Gasteiger partial charge in [0.1, 0.15) is 0 Å². The van der Waals surface area contributed by atoms with Crippen molar-refractivity contribution in [2.45, 2.75) is 0 Å². The van der Waals surface area contributed by atoms with Crippen molar-refractivity contribution in [3.63, 3.8) is 0 Å². The molecule has 0 aliphatic rings. The smallest absolute Gasteiger partial charge is 0.0541 e. The van der Waals surface area contributed by atoms with E-state index in [2.05, 4.69) is 229 Å². The van der Waals surface area contributed by atoms with E-state index in [-0.39, 0.29) is 0 Å². The Morgan fingerprint density at radius 3 is 1.19 bits per heavy atom. The lowest BCUT2D eigenvalue weighted by atomic mass is 9.86. The molecular weight excluding hydrogens is 711 g/mol. The van der Waals surface area contributed by atoms with Gasteiger partial charge in [0.25, 0.3) is 0 Å². The predicted octanol–water partition coefficient (Wildman–Crippen LogP) is 16.1. The van der Waals surface area contributed by atoms with E-state index in [4.69, 9.17) is 0 Å². The molecule has 12 aromatic rings. The number of nitrogens with zero attached hydrogens (tertiary/aromatic N) is 1. The average molecular weight is 748 g/mol. The normalized spacial score (nSPS) is 11.7. The number of hydrogen-bond acceptors (Lipinski definition) is 0. The van der Waals surface area contributed by atoms with Crippen LogP contribution in [-0.4, -0.2) is 4.57 Å². The van der Waals surface area contributed by atoms with Crippen LogP contribution < -0.4 is 0 Å². The van der Waals surface area contributed by atoms with E-state index in [0.29, 0.717) is 0 Å². The number of benzene rings is 11. The van der Waals surface area contributed by atoms with Crippen LogP contribution in [0.1, 0.15) is 0 Å². The highest BCUT2D eigenvalue weighted by Gasteiger charge is 2.20. The van der Waals surface area contributed by atoms with Gasteiger partial charge in [0.2, 0.25) is 0 Å². The van der Waals surface area contributed by atoms with Gasteiger partial charge in [-0.15, -0.1) is 0 Å². The van der Waals surface area contributed by atoms with E-state index in [9.17, 15) is 0 Å². The van der Waals surface area contributed by atoms with Gasteiger partial charge in [0.15, 0.2) is 0 Å². The van der Waals surface area contributed by atoms with Crippen molar-refractivity contribution in [3.05, 3.63) is 224 Å². The molecule has 0 fully saturated rings. The largest absolute Gasteiger partial charge is 0.309 e. The molecular formula is C58H37N. The predicted molar refractivity (Wildman–Crippen MR) is 253 cm³/mol. The molecule has 0 aliphatic carbocycles. The molecule has 11 aromatic carbocycles. The van der Waals surface area contributed by atoms with Crippen molar-refractivity contribution in [2.24, 2.45) is 0 Å². The van der Waals surface area contributed by atoms with Gasteiger partial charge in [-0.05, 0) is 124 Å². The Morgan fingerprint density at radius 1 is 0.237 bits per heavy atom. The highest BCUT2D eigenvalue weighted by atomic mass is 15.0. The summed E-state index contributed by atoms with van der Waals surface area (Å²) in [4.78, 5) is 0. The Kier molecular flexibility index (Phi) is 7.61. The van der Waals surface area contributed by atoms with Gasteiger partial charge in [-0.1, -0.05) is 188 Å². The van der Waals surface area contributed by atoms with Crippen LogP contribution in [0, 0.1) is 0 Å². The molecule has 0 saturated heterocycles. The van der Waals surface area contributed by atoms with Crippen LogP contribution in [-0.2, 0) is 0 Å². The second-order valence-corrected chi connectivity index (χ2v) is 15.6. The highest BCUT2D eigenvalue weighted by molar-refractivity contribution is 6.22. The summed E-state index contributed by atoms with van der Waals surface area (Å²) < 4.78 is 2.48. The first kappa shape index (κ1) is 33.4. The Morgan fingerprint density at radius 2 is 0.661 bits per heavy atom. The van der Waals surface area contributed by atoms with Crippen LogP contribution in [0.5, 0.6) is 0 Å². The Labute approximate surface area is 342 Å². The van der Waals surface area contributed by atoms with Crippen LogP contribution in [0.15, 0.2) is 224 Å². The van der Waals surface area contributed by atoms with Gasteiger partial charge < -0.3 is 4.57 Å². The van der Waals surface area contributed by atoms with Crippen LogP contribution in [0.4, 0.5) is 0 Å². The number of fused-ring (bicyclic) bond motifs is 7. The second-order valence-electron chi connectivity index (χ2n) is 15.6. The van der Waals surface area contributed by atoms with Crippen molar-refractivity contribution >= 4 is 64.9 Å². The van der Waals surface area contributed by atoms with E-state index in [1.165, 1.54) is 109 Å². The zero-order chi connectivity index (χ0) is 38.9. The molecule has 12 rings (SSSR count). The molecule has 59 heavy (non-hydrogen) atoms. The second kappa shape index (κ2) is 13.4. The van der Waals surface area contributed by atoms with Gasteiger partial charge in [0, 0.05) is 16.5 Å². The fraction of sp³-hybridized carbons (Fsp3) is 0. The molecule has 0 saturated carbocycles. The average Bonchev–Trinajstić information content (AvgIpc) is 3.63. The number of hydrogen-bond donors (Lipinski definition) is 0. The Hall–Kier alpha value is -7.74. The van der Waals surface area contributed by atoms with Gasteiger partial charge in [-0.2, -0.15) is 0 Å². The molecule has 1 nitrogen and oxygen atoms in total. The van der Waals surface area contributed by atoms with Gasteiger partial charge in [-0.3, -0.25) is 0 Å². The summed E-state index contributed by atoms with van der Waals surface area (Å²) in [5.41, 5.74) is 13.4. The number of aromatic nitrogens is 1. The summed E-state index contributed by atoms with van der Waals surface area (Å²) in [6, 6.07) is 82.6. The number of rotatable bonds is 5. The molecule has 0 amide bonds. The lowest BCUT2D eigenvalue weighted by Crippen LogP contribution is -1.96. The van der Waals surface area contributed by atoms with E-state index in [1.54, 1.807) is 0 Å². The molecule has 0 N–H and O–H groups in total. The first-order valence-corrected chi connectivity index (χ1v) is 20.4.